The minimum absolute atomic E-state index is 0.112. The molecule has 0 fully saturated rings. The molecule has 3 rings (SSSR count). The van der Waals surface area contributed by atoms with Crippen molar-refractivity contribution >= 4 is 17.3 Å². The van der Waals surface area contributed by atoms with Crippen LogP contribution in [0.5, 0.6) is 5.75 Å². The topological polar surface area (TPSA) is 95.6 Å². The summed E-state index contributed by atoms with van der Waals surface area (Å²) < 4.78 is 0. The lowest BCUT2D eigenvalue weighted by molar-refractivity contribution is 0.0696. The van der Waals surface area contributed by atoms with Crippen LogP contribution in [-0.4, -0.2) is 16.2 Å². The van der Waals surface area contributed by atoms with Crippen LogP contribution in [-0.2, 0) is 19.4 Å². The molecule has 1 heterocycles. The third kappa shape index (κ3) is 3.17. The van der Waals surface area contributed by atoms with Crippen LogP contribution in [0.25, 0.3) is 10.4 Å². The quantitative estimate of drug-likeness (QED) is 0.503. The highest BCUT2D eigenvalue weighted by Gasteiger charge is 2.33. The van der Waals surface area contributed by atoms with Crippen molar-refractivity contribution in [3.05, 3.63) is 39.8 Å². The first-order valence-electron chi connectivity index (χ1n) is 7.95. The predicted molar refractivity (Wildman–Crippen MR) is 95.2 cm³/mol. The van der Waals surface area contributed by atoms with E-state index in [0.717, 1.165) is 45.7 Å². The summed E-state index contributed by atoms with van der Waals surface area (Å²) in [5.41, 5.74) is 5.57. The van der Waals surface area contributed by atoms with Gasteiger partial charge in [0.2, 0.25) is 0 Å². The zero-order valence-electron chi connectivity index (χ0n) is 13.8. The first kappa shape index (κ1) is 17.0. The molecule has 1 aromatic heterocycles. The van der Waals surface area contributed by atoms with Gasteiger partial charge in [-0.05, 0) is 59.6 Å². The van der Waals surface area contributed by atoms with Crippen LogP contribution in [0, 0.1) is 5.41 Å². The van der Waals surface area contributed by atoms with Crippen molar-refractivity contribution in [3.8, 4) is 16.2 Å². The first-order valence-corrected chi connectivity index (χ1v) is 8.77. The van der Waals surface area contributed by atoms with Crippen molar-refractivity contribution in [2.45, 2.75) is 39.7 Å². The summed E-state index contributed by atoms with van der Waals surface area (Å²) in [5, 5.41) is 19.8. The Bertz CT molecular complexity index is 796. The largest absolute Gasteiger partial charge is 0.508 e. The first-order chi connectivity index (χ1) is 11.3. The van der Waals surface area contributed by atoms with Crippen LogP contribution in [0.15, 0.2) is 18.2 Å². The van der Waals surface area contributed by atoms with Crippen LogP contribution in [0.3, 0.4) is 0 Å². The number of hydrogen-bond donors (Lipinski definition) is 4. The third-order valence-corrected chi connectivity index (χ3v) is 5.88. The number of benzene rings is 1. The van der Waals surface area contributed by atoms with Crippen molar-refractivity contribution in [3.63, 3.8) is 0 Å². The number of nitrogens with two attached hydrogens (primary N) is 1. The standard InChI is InChI=1S/C18H22N2O3S/c1-18(2)4-3-14-13(8-18)15(17(22)23)16(24-14)11-5-10(9-20-19)6-12(21)7-11/h5-7,20-21H,3-4,8-9,19H2,1-2H3,(H,22,23). The molecule has 5 N–H and O–H groups in total. The summed E-state index contributed by atoms with van der Waals surface area (Å²) in [7, 11) is 0. The third-order valence-electron chi connectivity index (χ3n) is 4.53. The molecule has 0 saturated heterocycles. The molecular weight excluding hydrogens is 324 g/mol. The predicted octanol–water partition coefficient (Wildman–Crippen LogP) is 3.30. The lowest BCUT2D eigenvalue weighted by atomic mass is 9.76. The van der Waals surface area contributed by atoms with Gasteiger partial charge in [-0.15, -0.1) is 11.3 Å². The maximum absolute atomic E-state index is 11.9. The number of hydrogen-bond acceptors (Lipinski definition) is 5. The Morgan fingerprint density at radius 1 is 1.38 bits per heavy atom. The smallest absolute Gasteiger partial charge is 0.337 e. The molecule has 0 unspecified atom stereocenters. The molecule has 5 nitrogen and oxygen atoms in total. The molecule has 0 bridgehead atoms. The molecule has 0 atom stereocenters. The van der Waals surface area contributed by atoms with Crippen LogP contribution in [0.2, 0.25) is 0 Å². The Balaban J connectivity index is 2.16. The van der Waals surface area contributed by atoms with E-state index in [2.05, 4.69) is 19.3 Å². The van der Waals surface area contributed by atoms with Crippen LogP contribution < -0.4 is 11.3 Å². The van der Waals surface area contributed by atoms with Crippen LogP contribution in [0.1, 0.15) is 46.6 Å². The second-order valence-corrected chi connectivity index (χ2v) is 8.23. The highest BCUT2D eigenvalue weighted by molar-refractivity contribution is 7.16. The monoisotopic (exact) mass is 346 g/mol. The molecule has 1 aliphatic carbocycles. The number of aromatic carboxylic acids is 1. The van der Waals surface area contributed by atoms with Crippen molar-refractivity contribution in [1.29, 1.82) is 0 Å². The van der Waals surface area contributed by atoms with Gasteiger partial charge in [-0.25, -0.2) is 4.79 Å². The summed E-state index contributed by atoms with van der Waals surface area (Å²) in [6.45, 7) is 4.76. The van der Waals surface area contributed by atoms with Crippen molar-refractivity contribution in [2.75, 3.05) is 0 Å². The molecule has 0 aliphatic heterocycles. The number of phenolic OH excluding ortho intramolecular Hbond substituents is 1. The number of hydrazine groups is 1. The maximum Gasteiger partial charge on any atom is 0.337 e. The number of fused-ring (bicyclic) bond motifs is 1. The van der Waals surface area contributed by atoms with Gasteiger partial charge in [0, 0.05) is 16.3 Å². The number of phenols is 1. The Hall–Kier alpha value is -1.89. The van der Waals surface area contributed by atoms with E-state index >= 15 is 0 Å². The Labute approximate surface area is 145 Å². The SMILES string of the molecule is CC1(C)CCc2sc(-c3cc(O)cc(CNN)c3)c(C(=O)O)c2C1. The Morgan fingerprint density at radius 2 is 2.12 bits per heavy atom. The van der Waals surface area contributed by atoms with Gasteiger partial charge in [0.1, 0.15) is 5.75 Å². The molecule has 128 valence electrons. The minimum atomic E-state index is -0.901. The number of rotatable bonds is 4. The summed E-state index contributed by atoms with van der Waals surface area (Å²) in [6.07, 6.45) is 2.74. The van der Waals surface area contributed by atoms with E-state index in [1.54, 1.807) is 12.1 Å². The summed E-state index contributed by atoms with van der Waals surface area (Å²) >= 11 is 1.54. The molecule has 0 radical (unpaired) electrons. The molecule has 1 aromatic carbocycles. The molecule has 0 amide bonds. The van der Waals surface area contributed by atoms with Gasteiger partial charge in [-0.2, -0.15) is 0 Å². The molecule has 0 spiro atoms. The van der Waals surface area contributed by atoms with E-state index in [9.17, 15) is 15.0 Å². The number of aryl methyl sites for hydroxylation is 1. The van der Waals surface area contributed by atoms with E-state index in [4.69, 9.17) is 5.84 Å². The van der Waals surface area contributed by atoms with Gasteiger partial charge in [-0.1, -0.05) is 13.8 Å². The fourth-order valence-electron chi connectivity index (χ4n) is 3.37. The summed E-state index contributed by atoms with van der Waals surface area (Å²) in [6, 6.07) is 5.13. The highest BCUT2D eigenvalue weighted by atomic mass is 32.1. The fraction of sp³-hybridized carbons (Fsp3) is 0.389. The number of carbonyl (C=O) groups is 1. The van der Waals surface area contributed by atoms with Gasteiger partial charge >= 0.3 is 5.97 Å². The zero-order chi connectivity index (χ0) is 17.5. The summed E-state index contributed by atoms with van der Waals surface area (Å²) in [5.74, 6) is 4.57. The zero-order valence-corrected chi connectivity index (χ0v) is 14.7. The average molecular weight is 346 g/mol. The lowest BCUT2D eigenvalue weighted by Crippen LogP contribution is -2.22. The highest BCUT2D eigenvalue weighted by Crippen LogP contribution is 2.45. The Morgan fingerprint density at radius 3 is 2.79 bits per heavy atom. The average Bonchev–Trinajstić information content (AvgIpc) is 2.84. The molecule has 6 heteroatoms. The van der Waals surface area contributed by atoms with E-state index in [1.165, 1.54) is 11.3 Å². The van der Waals surface area contributed by atoms with E-state index in [-0.39, 0.29) is 11.2 Å². The van der Waals surface area contributed by atoms with Gasteiger partial charge in [-0.3, -0.25) is 11.3 Å². The Kier molecular flexibility index (Phi) is 4.38. The van der Waals surface area contributed by atoms with Crippen molar-refractivity contribution < 1.29 is 15.0 Å². The second kappa shape index (κ2) is 6.20. The molecular formula is C18H22N2O3S. The van der Waals surface area contributed by atoms with Crippen LogP contribution in [0.4, 0.5) is 0 Å². The maximum atomic E-state index is 11.9. The molecule has 1 aliphatic rings. The number of thiophene rings is 1. The number of carboxylic acid groups (broad SMARTS) is 1. The van der Waals surface area contributed by atoms with Crippen molar-refractivity contribution in [1.82, 2.24) is 5.43 Å². The van der Waals surface area contributed by atoms with Crippen LogP contribution >= 0.6 is 11.3 Å². The number of carboxylic acids is 1. The number of nitrogens with one attached hydrogen (secondary N) is 1. The van der Waals surface area contributed by atoms with Gasteiger partial charge in [0.05, 0.1) is 5.56 Å². The second-order valence-electron chi connectivity index (χ2n) is 7.12. The number of aromatic hydroxyl groups is 1. The van der Waals surface area contributed by atoms with E-state index in [0.29, 0.717) is 12.1 Å². The fourth-order valence-corrected chi connectivity index (χ4v) is 4.67. The van der Waals surface area contributed by atoms with E-state index < -0.39 is 5.97 Å². The minimum Gasteiger partial charge on any atom is -0.508 e. The normalized spacial score (nSPS) is 16.0. The van der Waals surface area contributed by atoms with Crippen molar-refractivity contribution in [2.24, 2.45) is 11.3 Å². The molecule has 0 saturated carbocycles. The molecule has 24 heavy (non-hydrogen) atoms. The molecule has 2 aromatic rings. The summed E-state index contributed by atoms with van der Waals surface area (Å²) in [4.78, 5) is 13.8. The van der Waals surface area contributed by atoms with E-state index in [1.807, 2.05) is 6.07 Å². The lowest BCUT2D eigenvalue weighted by Gasteiger charge is -2.29. The van der Waals surface area contributed by atoms with Gasteiger partial charge in [0.15, 0.2) is 0 Å². The van der Waals surface area contributed by atoms with Gasteiger partial charge < -0.3 is 10.2 Å². The van der Waals surface area contributed by atoms with Gasteiger partial charge in [0.25, 0.3) is 0 Å².